The molecule has 1 aromatic rings. The molecule has 0 radical (unpaired) electrons. The van der Waals surface area contributed by atoms with Crippen LogP contribution in [-0.4, -0.2) is 30.2 Å². The number of nitrogens with two attached hydrogens (primary N) is 2. The van der Waals surface area contributed by atoms with E-state index in [4.69, 9.17) is 11.5 Å². The molecule has 1 aromatic carbocycles. The average molecular weight is 289 g/mol. The van der Waals surface area contributed by atoms with E-state index in [9.17, 15) is 4.79 Å². The molecule has 21 heavy (non-hydrogen) atoms. The van der Waals surface area contributed by atoms with E-state index in [-0.39, 0.29) is 36.1 Å². The van der Waals surface area contributed by atoms with Crippen molar-refractivity contribution in [2.45, 2.75) is 49.5 Å². The van der Waals surface area contributed by atoms with Gasteiger partial charge >= 0.3 is 0 Å². The summed E-state index contributed by atoms with van der Waals surface area (Å²) in [6.07, 6.45) is 2.50. The van der Waals surface area contributed by atoms with Gasteiger partial charge in [-0.1, -0.05) is 30.3 Å². The SMILES string of the molecule is NC1NNC(C(=O)N[C@H]2CC[C@H](N)C2)C1c1ccccc1. The van der Waals surface area contributed by atoms with E-state index in [1.165, 1.54) is 0 Å². The molecule has 2 fully saturated rings. The van der Waals surface area contributed by atoms with Crippen LogP contribution >= 0.6 is 0 Å². The number of carbonyl (C=O) groups is 1. The van der Waals surface area contributed by atoms with Gasteiger partial charge < -0.3 is 16.8 Å². The summed E-state index contributed by atoms with van der Waals surface area (Å²) < 4.78 is 0. The number of amides is 1. The van der Waals surface area contributed by atoms with Crippen LogP contribution in [0.4, 0.5) is 0 Å². The molecule has 0 aromatic heterocycles. The van der Waals surface area contributed by atoms with Gasteiger partial charge in [0.05, 0.1) is 6.17 Å². The molecule has 1 amide bonds. The molecule has 6 nitrogen and oxygen atoms in total. The second-order valence-corrected chi connectivity index (χ2v) is 6.01. The van der Waals surface area contributed by atoms with Gasteiger partial charge in [-0.2, -0.15) is 0 Å². The zero-order valence-electron chi connectivity index (χ0n) is 12.0. The molecule has 1 aliphatic carbocycles. The van der Waals surface area contributed by atoms with Crippen LogP contribution in [0.1, 0.15) is 30.7 Å². The molecule has 0 bridgehead atoms. The lowest BCUT2D eigenvalue weighted by atomic mass is 9.90. The molecule has 6 heteroatoms. The van der Waals surface area contributed by atoms with Crippen molar-refractivity contribution in [3.05, 3.63) is 35.9 Å². The van der Waals surface area contributed by atoms with E-state index >= 15 is 0 Å². The van der Waals surface area contributed by atoms with Crippen LogP contribution in [0.2, 0.25) is 0 Å². The first-order valence-corrected chi connectivity index (χ1v) is 7.52. The Balaban J connectivity index is 1.70. The Bertz CT molecular complexity index is 494. The summed E-state index contributed by atoms with van der Waals surface area (Å²) in [7, 11) is 0. The van der Waals surface area contributed by atoms with Crippen molar-refractivity contribution in [3.8, 4) is 0 Å². The fourth-order valence-corrected chi connectivity index (χ4v) is 3.32. The summed E-state index contributed by atoms with van der Waals surface area (Å²) in [5.74, 6) is -0.0929. The number of hydrogen-bond donors (Lipinski definition) is 5. The first kappa shape index (κ1) is 14.5. The molecule has 3 rings (SSSR count). The van der Waals surface area contributed by atoms with E-state index < -0.39 is 0 Å². The molecular weight excluding hydrogens is 266 g/mol. The van der Waals surface area contributed by atoms with Gasteiger partial charge in [0.15, 0.2) is 0 Å². The number of carbonyl (C=O) groups excluding carboxylic acids is 1. The molecule has 114 valence electrons. The Hall–Kier alpha value is -1.47. The normalized spacial score (nSPS) is 35.8. The summed E-state index contributed by atoms with van der Waals surface area (Å²) in [5.41, 5.74) is 19.0. The first-order valence-electron chi connectivity index (χ1n) is 7.52. The van der Waals surface area contributed by atoms with E-state index in [2.05, 4.69) is 16.2 Å². The lowest BCUT2D eigenvalue weighted by Gasteiger charge is -2.22. The van der Waals surface area contributed by atoms with Crippen molar-refractivity contribution < 1.29 is 4.79 Å². The molecular formula is C15H23N5O. The van der Waals surface area contributed by atoms with Crippen LogP contribution < -0.4 is 27.6 Å². The highest BCUT2D eigenvalue weighted by molar-refractivity contribution is 5.83. The third-order valence-corrected chi connectivity index (χ3v) is 4.44. The molecule has 5 atom stereocenters. The molecule has 7 N–H and O–H groups in total. The third kappa shape index (κ3) is 3.08. The molecule has 2 aliphatic rings. The maximum Gasteiger partial charge on any atom is 0.239 e. The van der Waals surface area contributed by atoms with Crippen LogP contribution in [0.25, 0.3) is 0 Å². The second kappa shape index (κ2) is 6.11. The highest BCUT2D eigenvalue weighted by atomic mass is 16.2. The van der Waals surface area contributed by atoms with Crippen molar-refractivity contribution in [1.82, 2.24) is 16.2 Å². The van der Waals surface area contributed by atoms with Gasteiger partial charge in [0.25, 0.3) is 0 Å². The van der Waals surface area contributed by atoms with Crippen LogP contribution in [0.15, 0.2) is 30.3 Å². The molecule has 1 saturated carbocycles. The second-order valence-electron chi connectivity index (χ2n) is 6.01. The smallest absolute Gasteiger partial charge is 0.239 e. The van der Waals surface area contributed by atoms with E-state index in [1.807, 2.05) is 30.3 Å². The monoisotopic (exact) mass is 289 g/mol. The van der Waals surface area contributed by atoms with Gasteiger partial charge in [0, 0.05) is 18.0 Å². The Morgan fingerprint density at radius 2 is 1.90 bits per heavy atom. The Kier molecular flexibility index (Phi) is 4.21. The van der Waals surface area contributed by atoms with Crippen molar-refractivity contribution in [1.29, 1.82) is 0 Å². The van der Waals surface area contributed by atoms with Crippen molar-refractivity contribution >= 4 is 5.91 Å². The van der Waals surface area contributed by atoms with Gasteiger partial charge in [-0.05, 0) is 24.8 Å². The summed E-state index contributed by atoms with van der Waals surface area (Å²) in [6.45, 7) is 0. The minimum Gasteiger partial charge on any atom is -0.352 e. The van der Waals surface area contributed by atoms with E-state index in [1.54, 1.807) is 0 Å². The Labute approximate surface area is 124 Å². The van der Waals surface area contributed by atoms with Gasteiger partial charge in [-0.3, -0.25) is 4.79 Å². The minimum atomic E-state index is -0.362. The maximum absolute atomic E-state index is 12.5. The highest BCUT2D eigenvalue weighted by Crippen LogP contribution is 2.26. The van der Waals surface area contributed by atoms with Gasteiger partial charge in [-0.25, -0.2) is 10.9 Å². The molecule has 3 unspecified atom stereocenters. The number of rotatable bonds is 3. The number of benzene rings is 1. The summed E-state index contributed by atoms with van der Waals surface area (Å²) >= 11 is 0. The lowest BCUT2D eigenvalue weighted by molar-refractivity contribution is -0.123. The predicted molar refractivity (Wildman–Crippen MR) is 81.0 cm³/mol. The minimum absolute atomic E-state index is 0.0107. The van der Waals surface area contributed by atoms with Gasteiger partial charge in [-0.15, -0.1) is 0 Å². The van der Waals surface area contributed by atoms with Crippen LogP contribution in [-0.2, 0) is 4.79 Å². The fourth-order valence-electron chi connectivity index (χ4n) is 3.32. The summed E-state index contributed by atoms with van der Waals surface area (Å²) in [5, 5.41) is 3.09. The van der Waals surface area contributed by atoms with Gasteiger partial charge in [0.1, 0.15) is 6.04 Å². The largest absolute Gasteiger partial charge is 0.352 e. The van der Waals surface area contributed by atoms with Gasteiger partial charge in [0.2, 0.25) is 5.91 Å². The van der Waals surface area contributed by atoms with Crippen LogP contribution in [0, 0.1) is 0 Å². The fraction of sp³-hybridized carbons (Fsp3) is 0.533. The van der Waals surface area contributed by atoms with Crippen LogP contribution in [0.3, 0.4) is 0 Å². The maximum atomic E-state index is 12.5. The predicted octanol–water partition coefficient (Wildman–Crippen LogP) is -0.473. The zero-order valence-corrected chi connectivity index (χ0v) is 12.0. The first-order chi connectivity index (χ1) is 10.1. The molecule has 1 saturated heterocycles. The highest BCUT2D eigenvalue weighted by Gasteiger charge is 2.40. The Morgan fingerprint density at radius 3 is 2.57 bits per heavy atom. The topological polar surface area (TPSA) is 105 Å². The molecule has 1 heterocycles. The number of hydrazine groups is 1. The number of hydrogen-bond acceptors (Lipinski definition) is 5. The van der Waals surface area contributed by atoms with Crippen molar-refractivity contribution in [3.63, 3.8) is 0 Å². The van der Waals surface area contributed by atoms with Crippen molar-refractivity contribution in [2.75, 3.05) is 0 Å². The van der Waals surface area contributed by atoms with Crippen molar-refractivity contribution in [2.24, 2.45) is 11.5 Å². The zero-order chi connectivity index (χ0) is 14.8. The molecule has 1 aliphatic heterocycles. The standard InChI is InChI=1S/C15H23N5O/c16-10-6-7-11(8-10)18-15(21)13-12(14(17)20-19-13)9-4-2-1-3-5-9/h1-5,10-14,19-20H,6-8,16-17H2,(H,18,21)/t10-,11-,12?,13?,14?/m0/s1. The third-order valence-electron chi connectivity index (χ3n) is 4.44. The van der Waals surface area contributed by atoms with Crippen LogP contribution in [0.5, 0.6) is 0 Å². The Morgan fingerprint density at radius 1 is 1.14 bits per heavy atom. The number of nitrogens with one attached hydrogen (secondary N) is 3. The quantitative estimate of drug-likeness (QED) is 0.517. The summed E-state index contributed by atoms with van der Waals surface area (Å²) in [6, 6.07) is 9.92. The van der Waals surface area contributed by atoms with E-state index in [0.29, 0.717) is 0 Å². The molecule has 0 spiro atoms. The summed E-state index contributed by atoms with van der Waals surface area (Å²) in [4.78, 5) is 12.5. The lowest BCUT2D eigenvalue weighted by Crippen LogP contribution is -2.48. The van der Waals surface area contributed by atoms with E-state index in [0.717, 1.165) is 24.8 Å². The average Bonchev–Trinajstić information content (AvgIpc) is 3.06.